The third-order valence-corrected chi connectivity index (χ3v) is 14.6. The van der Waals surface area contributed by atoms with E-state index in [0.29, 0.717) is 59.9 Å². The Labute approximate surface area is 354 Å². The van der Waals surface area contributed by atoms with E-state index >= 15 is 4.39 Å². The summed E-state index contributed by atoms with van der Waals surface area (Å²) in [4.78, 5) is 61.4. The lowest BCUT2D eigenvalue weighted by Gasteiger charge is -2.32. The molecule has 328 valence electrons. The van der Waals surface area contributed by atoms with Gasteiger partial charge in [-0.05, 0) is 119 Å². The molecule has 1 aromatic heterocycles. The molecule has 7 rings (SSSR count). The second-order valence-corrected chi connectivity index (χ2v) is 19.8. The Morgan fingerprint density at radius 2 is 1.84 bits per heavy atom. The number of allylic oxidation sites excluding steroid dienone is 1. The summed E-state index contributed by atoms with van der Waals surface area (Å²) in [6.07, 6.45) is 3.89. The molecule has 7 atom stereocenters. The molecule has 0 spiro atoms. The zero-order valence-electron chi connectivity index (χ0n) is 35.2. The molecular weight excluding hydrogens is 810 g/mol. The molecule has 2 aliphatic carbocycles. The van der Waals surface area contributed by atoms with Crippen LogP contribution in [0.2, 0.25) is 0 Å². The minimum absolute atomic E-state index is 0.0789. The van der Waals surface area contributed by atoms with Crippen LogP contribution in [-0.2, 0) is 24.4 Å². The van der Waals surface area contributed by atoms with E-state index in [2.05, 4.69) is 15.4 Å². The fourth-order valence-electron chi connectivity index (χ4n) is 8.47. The first-order valence-corrected chi connectivity index (χ1v) is 22.3. The topological polar surface area (TPSA) is 203 Å². The summed E-state index contributed by atoms with van der Waals surface area (Å²) >= 11 is 0. The Balaban J connectivity index is 1.25. The van der Waals surface area contributed by atoms with Crippen molar-refractivity contribution in [3.63, 3.8) is 0 Å². The van der Waals surface area contributed by atoms with Crippen molar-refractivity contribution in [1.82, 2.24) is 25.2 Å². The number of benzene rings is 2. The number of nitrogens with zero attached hydrogens (tertiary/aromatic N) is 2. The van der Waals surface area contributed by atoms with Gasteiger partial charge in [-0.25, -0.2) is 22.6 Å². The van der Waals surface area contributed by atoms with Crippen LogP contribution in [0.1, 0.15) is 79.6 Å². The van der Waals surface area contributed by atoms with Crippen molar-refractivity contribution in [1.29, 1.82) is 0 Å². The van der Waals surface area contributed by atoms with Crippen LogP contribution in [0, 0.1) is 23.6 Å². The average Bonchev–Trinajstić information content (AvgIpc) is 4.08. The summed E-state index contributed by atoms with van der Waals surface area (Å²) in [5, 5.41) is 16.4. The SMILES string of the molecule is COc1ccc2c(O[C@@H]3C[C@H]4C(=O)N[C@]5(C(=O)NS(=O)(=O)C6(C)CC6)C[C@H]5/C=C\CC[C@@H](C)C[C@@H](C)[C@H](NC(=O)O)C(=O)N4C3)nc(-c3ccc(OC(C)C)c(F)c3)cc2c1. The van der Waals surface area contributed by atoms with Gasteiger partial charge >= 0.3 is 6.09 Å². The van der Waals surface area contributed by atoms with Gasteiger partial charge < -0.3 is 34.9 Å². The molecule has 1 saturated heterocycles. The lowest BCUT2D eigenvalue weighted by Crippen LogP contribution is -2.59. The molecule has 15 nitrogen and oxygen atoms in total. The normalized spacial score (nSPS) is 28.0. The van der Waals surface area contributed by atoms with Crippen LogP contribution in [0.25, 0.3) is 22.0 Å². The van der Waals surface area contributed by atoms with E-state index in [4.69, 9.17) is 19.2 Å². The van der Waals surface area contributed by atoms with Gasteiger partial charge in [0.25, 0.3) is 5.91 Å². The number of carbonyl (C=O) groups excluding carboxylic acids is 3. The predicted molar refractivity (Wildman–Crippen MR) is 224 cm³/mol. The van der Waals surface area contributed by atoms with E-state index in [1.807, 2.05) is 19.1 Å². The summed E-state index contributed by atoms with van der Waals surface area (Å²) in [5.41, 5.74) is -0.818. The molecule has 3 heterocycles. The zero-order chi connectivity index (χ0) is 44.0. The maximum Gasteiger partial charge on any atom is 0.405 e. The first kappa shape index (κ1) is 43.6. The minimum Gasteiger partial charge on any atom is -0.497 e. The van der Waals surface area contributed by atoms with Crippen LogP contribution in [0.5, 0.6) is 17.4 Å². The molecule has 0 radical (unpaired) electrons. The first-order valence-electron chi connectivity index (χ1n) is 20.8. The second-order valence-electron chi connectivity index (χ2n) is 17.6. The number of fused-ring (bicyclic) bond motifs is 3. The Kier molecular flexibility index (Phi) is 12.0. The van der Waals surface area contributed by atoms with Gasteiger partial charge in [0.15, 0.2) is 11.6 Å². The molecule has 4 aliphatic rings. The standard InChI is InChI=1S/C44H54FN5O10S/c1-24(2)59-36-14-11-27(19-33(36)45)34-20-28-18-30(58-6)12-13-32(28)39(46-34)60-31-21-35-38(51)48-44(41(53)49-61(56,57)43(5)15-16-43)22-29(44)10-8-7-9-25(3)17-26(4)37(47-42(54)55)40(52)50(35)23-31/h8,10-14,18-20,24-26,29,31,35,37,47H,7,9,15-17,21-23H2,1-6H3,(H,48,51)(H,49,53)(H,54,55)/b10-8-/t25-,26-,29-,31-,35+,37+,44-/m1/s1. The fraction of sp³-hybridized carbons (Fsp3) is 0.523. The third kappa shape index (κ3) is 9.12. The Hall–Kier alpha value is -5.45. The molecule has 0 unspecified atom stereocenters. The van der Waals surface area contributed by atoms with E-state index in [0.717, 1.165) is 0 Å². The van der Waals surface area contributed by atoms with Crippen LogP contribution in [0.4, 0.5) is 9.18 Å². The Morgan fingerprint density at radius 1 is 1.08 bits per heavy atom. The Bertz CT molecular complexity index is 2370. The quantitative estimate of drug-likeness (QED) is 0.182. The van der Waals surface area contributed by atoms with Gasteiger partial charge in [-0.3, -0.25) is 19.1 Å². The van der Waals surface area contributed by atoms with E-state index in [9.17, 15) is 32.7 Å². The highest BCUT2D eigenvalue weighted by molar-refractivity contribution is 7.91. The lowest BCUT2D eigenvalue weighted by atomic mass is 9.88. The minimum atomic E-state index is -4.05. The number of aromatic nitrogens is 1. The van der Waals surface area contributed by atoms with Gasteiger partial charge in [0.2, 0.25) is 27.7 Å². The van der Waals surface area contributed by atoms with Gasteiger partial charge in [-0.1, -0.05) is 26.0 Å². The van der Waals surface area contributed by atoms with E-state index in [1.54, 1.807) is 58.0 Å². The molecule has 2 aliphatic heterocycles. The van der Waals surface area contributed by atoms with E-state index in [-0.39, 0.29) is 43.0 Å². The Morgan fingerprint density at radius 3 is 2.51 bits per heavy atom. The van der Waals surface area contributed by atoms with Crippen molar-refractivity contribution in [3.8, 4) is 28.6 Å². The number of hydrogen-bond acceptors (Lipinski definition) is 10. The lowest BCUT2D eigenvalue weighted by molar-refractivity contribution is -0.142. The predicted octanol–water partition coefficient (Wildman–Crippen LogP) is 5.71. The van der Waals surface area contributed by atoms with Crippen molar-refractivity contribution in [2.45, 2.75) is 114 Å². The molecular formula is C44H54FN5O10S. The molecule has 4 amide bonds. The highest BCUT2D eigenvalue weighted by Gasteiger charge is 2.63. The molecule has 3 fully saturated rings. The van der Waals surface area contributed by atoms with Crippen molar-refractivity contribution >= 4 is 44.6 Å². The van der Waals surface area contributed by atoms with Gasteiger partial charge in [0.1, 0.15) is 29.5 Å². The second kappa shape index (κ2) is 16.8. The molecule has 61 heavy (non-hydrogen) atoms. The number of rotatable bonds is 10. The molecule has 2 saturated carbocycles. The average molecular weight is 864 g/mol. The summed E-state index contributed by atoms with van der Waals surface area (Å²) in [5.74, 6) is -2.95. The summed E-state index contributed by atoms with van der Waals surface area (Å²) in [7, 11) is -2.53. The number of carboxylic acid groups (broad SMARTS) is 1. The number of nitrogens with one attached hydrogen (secondary N) is 3. The number of pyridine rings is 1. The highest BCUT2D eigenvalue weighted by Crippen LogP contribution is 2.48. The van der Waals surface area contributed by atoms with Crippen LogP contribution in [-0.4, -0.2) is 95.5 Å². The largest absolute Gasteiger partial charge is 0.497 e. The maximum atomic E-state index is 15.3. The fourth-order valence-corrected chi connectivity index (χ4v) is 9.78. The van der Waals surface area contributed by atoms with Crippen LogP contribution in [0.3, 0.4) is 0 Å². The molecule has 2 aromatic carbocycles. The molecule has 4 N–H and O–H groups in total. The van der Waals surface area contributed by atoms with Crippen LogP contribution in [0.15, 0.2) is 54.6 Å². The number of amides is 4. The van der Waals surface area contributed by atoms with Crippen molar-refractivity contribution in [2.75, 3.05) is 13.7 Å². The summed E-state index contributed by atoms with van der Waals surface area (Å²) in [6.45, 7) is 8.79. The first-order chi connectivity index (χ1) is 28.8. The number of sulfonamides is 1. The van der Waals surface area contributed by atoms with E-state index < -0.39 is 80.0 Å². The summed E-state index contributed by atoms with van der Waals surface area (Å²) in [6, 6.07) is 9.04. The van der Waals surface area contributed by atoms with Gasteiger partial charge in [0.05, 0.1) is 30.2 Å². The summed E-state index contributed by atoms with van der Waals surface area (Å²) < 4.78 is 60.6. The zero-order valence-corrected chi connectivity index (χ0v) is 36.0. The van der Waals surface area contributed by atoms with Crippen LogP contribution < -0.4 is 29.6 Å². The van der Waals surface area contributed by atoms with Crippen molar-refractivity contribution in [3.05, 3.63) is 60.4 Å². The number of carbonyl (C=O) groups is 4. The number of halogens is 1. The molecule has 3 aromatic rings. The van der Waals surface area contributed by atoms with Crippen molar-refractivity contribution < 1.29 is 51.3 Å². The van der Waals surface area contributed by atoms with Crippen LogP contribution >= 0.6 is 0 Å². The molecule has 17 heteroatoms. The van der Waals surface area contributed by atoms with Gasteiger partial charge in [0, 0.05) is 23.3 Å². The molecule has 0 bridgehead atoms. The van der Waals surface area contributed by atoms with Gasteiger partial charge in [-0.2, -0.15) is 0 Å². The highest BCUT2D eigenvalue weighted by atomic mass is 32.2. The number of hydrogen-bond donors (Lipinski definition) is 4. The monoisotopic (exact) mass is 863 g/mol. The van der Waals surface area contributed by atoms with E-state index in [1.165, 1.54) is 24.1 Å². The van der Waals surface area contributed by atoms with Gasteiger partial charge in [-0.15, -0.1) is 0 Å². The number of methoxy groups -OCH3 is 1. The third-order valence-electron chi connectivity index (χ3n) is 12.4. The van der Waals surface area contributed by atoms with Crippen molar-refractivity contribution in [2.24, 2.45) is 17.8 Å². The number of ether oxygens (including phenoxy) is 3. The smallest absolute Gasteiger partial charge is 0.405 e. The maximum absolute atomic E-state index is 15.3.